The standard InChI is InChI=1S/C12H12N4O3/c13-12(19)9-3-1-2-8(4-9)6-16-7-10(14-15-16)5-11(17)18/h1-4,7H,5-6H2,(H2,13,19)(H,17,18). The molecule has 2 rings (SSSR count). The van der Waals surface area contributed by atoms with Crippen molar-refractivity contribution < 1.29 is 14.7 Å². The molecule has 0 saturated carbocycles. The van der Waals surface area contributed by atoms with Crippen LogP contribution < -0.4 is 5.73 Å². The molecular formula is C12H12N4O3. The molecule has 0 saturated heterocycles. The maximum absolute atomic E-state index is 11.1. The van der Waals surface area contributed by atoms with Gasteiger partial charge in [-0.1, -0.05) is 17.3 Å². The zero-order valence-corrected chi connectivity index (χ0v) is 9.98. The molecule has 0 radical (unpaired) electrons. The molecule has 0 bridgehead atoms. The van der Waals surface area contributed by atoms with Crippen molar-refractivity contribution >= 4 is 11.9 Å². The predicted molar refractivity (Wildman–Crippen MR) is 65.4 cm³/mol. The third-order valence-corrected chi connectivity index (χ3v) is 2.47. The molecule has 2 aromatic rings. The summed E-state index contributed by atoms with van der Waals surface area (Å²) in [5.41, 5.74) is 6.84. The third kappa shape index (κ3) is 3.38. The van der Waals surface area contributed by atoms with Gasteiger partial charge in [-0.15, -0.1) is 5.10 Å². The summed E-state index contributed by atoms with van der Waals surface area (Å²) in [6.07, 6.45) is 1.40. The van der Waals surface area contributed by atoms with Gasteiger partial charge >= 0.3 is 5.97 Å². The third-order valence-electron chi connectivity index (χ3n) is 2.47. The topological polar surface area (TPSA) is 111 Å². The lowest BCUT2D eigenvalue weighted by Crippen LogP contribution is -2.11. The fourth-order valence-electron chi connectivity index (χ4n) is 1.66. The Morgan fingerprint density at radius 2 is 2.16 bits per heavy atom. The number of nitrogens with two attached hydrogens (primary N) is 1. The van der Waals surface area contributed by atoms with Crippen LogP contribution in [0.4, 0.5) is 0 Å². The second-order valence-electron chi connectivity index (χ2n) is 4.04. The number of rotatable bonds is 5. The first-order valence-corrected chi connectivity index (χ1v) is 5.54. The number of carbonyl (C=O) groups is 2. The summed E-state index contributed by atoms with van der Waals surface area (Å²) in [4.78, 5) is 21.6. The monoisotopic (exact) mass is 260 g/mol. The molecule has 0 aliphatic heterocycles. The molecule has 0 aliphatic rings. The highest BCUT2D eigenvalue weighted by Crippen LogP contribution is 2.07. The highest BCUT2D eigenvalue weighted by molar-refractivity contribution is 5.92. The van der Waals surface area contributed by atoms with Gasteiger partial charge in [-0.2, -0.15) is 0 Å². The van der Waals surface area contributed by atoms with Gasteiger partial charge in [0.25, 0.3) is 0 Å². The summed E-state index contributed by atoms with van der Waals surface area (Å²) in [5.74, 6) is -1.45. The predicted octanol–water partition coefficient (Wildman–Crippen LogP) is 0.0524. The van der Waals surface area contributed by atoms with Crippen LogP contribution in [-0.2, 0) is 17.8 Å². The Balaban J connectivity index is 2.12. The van der Waals surface area contributed by atoms with Gasteiger partial charge in [0, 0.05) is 11.8 Å². The minimum atomic E-state index is -0.956. The molecule has 0 spiro atoms. The molecule has 1 heterocycles. The van der Waals surface area contributed by atoms with Crippen LogP contribution in [0.2, 0.25) is 0 Å². The van der Waals surface area contributed by atoms with Crippen molar-refractivity contribution in [3.63, 3.8) is 0 Å². The van der Waals surface area contributed by atoms with Crippen LogP contribution in [0.1, 0.15) is 21.6 Å². The number of primary amides is 1. The Morgan fingerprint density at radius 3 is 2.84 bits per heavy atom. The number of hydrogen-bond donors (Lipinski definition) is 2. The average Bonchev–Trinajstić information content (AvgIpc) is 2.76. The first-order valence-electron chi connectivity index (χ1n) is 5.54. The molecule has 0 atom stereocenters. The second-order valence-corrected chi connectivity index (χ2v) is 4.04. The van der Waals surface area contributed by atoms with Gasteiger partial charge in [-0.05, 0) is 17.7 Å². The summed E-state index contributed by atoms with van der Waals surface area (Å²) in [6, 6.07) is 6.85. The SMILES string of the molecule is NC(=O)c1cccc(Cn2cc(CC(=O)O)nn2)c1. The summed E-state index contributed by atoms with van der Waals surface area (Å²) >= 11 is 0. The first-order chi connectivity index (χ1) is 9.04. The van der Waals surface area contributed by atoms with Crippen molar-refractivity contribution in [2.45, 2.75) is 13.0 Å². The number of nitrogens with zero attached hydrogens (tertiary/aromatic N) is 3. The van der Waals surface area contributed by atoms with Crippen LogP contribution in [0.15, 0.2) is 30.5 Å². The average molecular weight is 260 g/mol. The number of benzene rings is 1. The van der Waals surface area contributed by atoms with Crippen molar-refractivity contribution in [2.24, 2.45) is 5.73 Å². The van der Waals surface area contributed by atoms with Gasteiger partial charge in [0.15, 0.2) is 0 Å². The number of hydrogen-bond acceptors (Lipinski definition) is 4. The van der Waals surface area contributed by atoms with Gasteiger partial charge in [0.1, 0.15) is 0 Å². The van der Waals surface area contributed by atoms with Crippen LogP contribution in [-0.4, -0.2) is 32.0 Å². The molecule has 0 aliphatic carbocycles. The lowest BCUT2D eigenvalue weighted by atomic mass is 10.1. The quantitative estimate of drug-likeness (QED) is 0.789. The van der Waals surface area contributed by atoms with E-state index in [0.717, 1.165) is 5.56 Å². The summed E-state index contributed by atoms with van der Waals surface area (Å²) < 4.78 is 1.51. The Morgan fingerprint density at radius 1 is 1.37 bits per heavy atom. The van der Waals surface area contributed by atoms with Crippen molar-refractivity contribution in [3.8, 4) is 0 Å². The lowest BCUT2D eigenvalue weighted by molar-refractivity contribution is -0.136. The molecule has 1 aromatic heterocycles. The van der Waals surface area contributed by atoms with Gasteiger partial charge in [-0.3, -0.25) is 9.59 Å². The highest BCUT2D eigenvalue weighted by Gasteiger charge is 2.07. The van der Waals surface area contributed by atoms with E-state index in [4.69, 9.17) is 10.8 Å². The van der Waals surface area contributed by atoms with Crippen LogP contribution in [0.5, 0.6) is 0 Å². The van der Waals surface area contributed by atoms with E-state index in [1.807, 2.05) is 6.07 Å². The summed E-state index contributed by atoms with van der Waals surface area (Å²) in [5, 5.41) is 16.2. The Labute approximate surface area is 108 Å². The highest BCUT2D eigenvalue weighted by atomic mass is 16.4. The maximum atomic E-state index is 11.1. The van der Waals surface area contributed by atoms with E-state index >= 15 is 0 Å². The molecule has 1 amide bonds. The van der Waals surface area contributed by atoms with Crippen LogP contribution in [0.3, 0.4) is 0 Å². The molecule has 7 nitrogen and oxygen atoms in total. The smallest absolute Gasteiger partial charge is 0.309 e. The summed E-state index contributed by atoms with van der Waals surface area (Å²) in [7, 11) is 0. The van der Waals surface area contributed by atoms with Gasteiger partial charge in [-0.25, -0.2) is 4.68 Å². The van der Waals surface area contributed by atoms with E-state index in [2.05, 4.69) is 10.3 Å². The molecule has 7 heteroatoms. The minimum absolute atomic E-state index is 0.165. The molecule has 0 fully saturated rings. The van der Waals surface area contributed by atoms with E-state index in [0.29, 0.717) is 17.8 Å². The van der Waals surface area contributed by atoms with Gasteiger partial charge in [0.05, 0.1) is 18.7 Å². The van der Waals surface area contributed by atoms with Crippen molar-refractivity contribution in [3.05, 3.63) is 47.3 Å². The molecule has 3 N–H and O–H groups in total. The number of aliphatic carboxylic acids is 1. The maximum Gasteiger partial charge on any atom is 0.309 e. The molecule has 19 heavy (non-hydrogen) atoms. The van der Waals surface area contributed by atoms with Crippen molar-refractivity contribution in [2.75, 3.05) is 0 Å². The van der Waals surface area contributed by atoms with Gasteiger partial charge in [0.2, 0.25) is 5.91 Å². The number of carboxylic acid groups (broad SMARTS) is 1. The fourth-order valence-corrected chi connectivity index (χ4v) is 1.66. The second kappa shape index (κ2) is 5.30. The largest absolute Gasteiger partial charge is 0.481 e. The van der Waals surface area contributed by atoms with Gasteiger partial charge < -0.3 is 10.8 Å². The number of amides is 1. The van der Waals surface area contributed by atoms with Crippen LogP contribution in [0.25, 0.3) is 0 Å². The van der Waals surface area contributed by atoms with E-state index in [1.165, 1.54) is 4.68 Å². The lowest BCUT2D eigenvalue weighted by Gasteiger charge is -2.02. The van der Waals surface area contributed by atoms with E-state index in [1.54, 1.807) is 24.4 Å². The fraction of sp³-hybridized carbons (Fsp3) is 0.167. The Bertz CT molecular complexity index is 621. The Hall–Kier alpha value is -2.70. The normalized spacial score (nSPS) is 10.3. The first kappa shape index (κ1) is 12.7. The zero-order valence-electron chi connectivity index (χ0n) is 9.98. The van der Waals surface area contributed by atoms with Crippen molar-refractivity contribution in [1.29, 1.82) is 0 Å². The molecular weight excluding hydrogens is 248 g/mol. The van der Waals surface area contributed by atoms with Crippen LogP contribution >= 0.6 is 0 Å². The van der Waals surface area contributed by atoms with Crippen molar-refractivity contribution in [1.82, 2.24) is 15.0 Å². The number of carboxylic acids is 1. The minimum Gasteiger partial charge on any atom is -0.481 e. The summed E-state index contributed by atoms with van der Waals surface area (Å²) in [6.45, 7) is 0.397. The zero-order chi connectivity index (χ0) is 13.8. The molecule has 0 unspecified atom stereocenters. The van der Waals surface area contributed by atoms with E-state index < -0.39 is 11.9 Å². The number of carbonyl (C=O) groups excluding carboxylic acids is 1. The van der Waals surface area contributed by atoms with E-state index in [9.17, 15) is 9.59 Å². The van der Waals surface area contributed by atoms with E-state index in [-0.39, 0.29) is 6.42 Å². The molecule has 98 valence electrons. The van der Waals surface area contributed by atoms with Crippen LogP contribution in [0, 0.1) is 0 Å². The molecule has 1 aromatic carbocycles. The number of aromatic nitrogens is 3. The Kier molecular flexibility index (Phi) is 3.56.